The first-order chi connectivity index (χ1) is 13.2. The zero-order valence-electron chi connectivity index (χ0n) is 14.6. The highest BCUT2D eigenvalue weighted by atomic mass is 16.2. The van der Waals surface area contributed by atoms with Crippen LogP contribution in [0.5, 0.6) is 0 Å². The van der Waals surface area contributed by atoms with Crippen LogP contribution >= 0.6 is 0 Å². The molecular formula is C21H17N5O. The summed E-state index contributed by atoms with van der Waals surface area (Å²) in [6.07, 6.45) is 6.52. The molecule has 6 nitrogen and oxygen atoms in total. The topological polar surface area (TPSA) is 95.9 Å². The van der Waals surface area contributed by atoms with Crippen LogP contribution in [0.2, 0.25) is 0 Å². The minimum atomic E-state index is 0.000137. The maximum absolute atomic E-state index is 12.9. The molecule has 27 heavy (non-hydrogen) atoms. The molecule has 3 heterocycles. The van der Waals surface area contributed by atoms with Crippen LogP contribution in [0.3, 0.4) is 0 Å². The van der Waals surface area contributed by atoms with Gasteiger partial charge in [-0.3, -0.25) is 9.78 Å². The number of para-hydroxylation sites is 1. The van der Waals surface area contributed by atoms with E-state index in [4.69, 9.17) is 16.0 Å². The number of rotatable bonds is 2. The molecule has 5 rings (SSSR count). The normalized spacial score (nSPS) is 16.3. The van der Waals surface area contributed by atoms with E-state index in [2.05, 4.69) is 11.1 Å². The van der Waals surface area contributed by atoms with Gasteiger partial charge in [-0.15, -0.1) is 0 Å². The Hall–Kier alpha value is -3.46. The van der Waals surface area contributed by atoms with Crippen LogP contribution < -0.4 is 5.73 Å². The second kappa shape index (κ2) is 5.78. The number of benzene rings is 1. The van der Waals surface area contributed by atoms with Crippen molar-refractivity contribution >= 4 is 22.5 Å². The summed E-state index contributed by atoms with van der Waals surface area (Å²) in [5.74, 6) is 0.000137. The van der Waals surface area contributed by atoms with Crippen molar-refractivity contribution in [1.82, 2.24) is 14.9 Å². The molecule has 2 aromatic heterocycles. The molecule has 1 aliphatic carbocycles. The molecule has 1 fully saturated rings. The lowest BCUT2D eigenvalue weighted by molar-refractivity contribution is 0.0606. The zero-order valence-corrected chi connectivity index (χ0v) is 14.6. The number of amides is 1. The summed E-state index contributed by atoms with van der Waals surface area (Å²) in [4.78, 5) is 23.8. The van der Waals surface area contributed by atoms with E-state index in [9.17, 15) is 4.79 Å². The van der Waals surface area contributed by atoms with Gasteiger partial charge in [0.2, 0.25) is 0 Å². The molecule has 0 radical (unpaired) electrons. The molecular weight excluding hydrogens is 338 g/mol. The minimum absolute atomic E-state index is 0.000137. The molecule has 1 aliphatic heterocycles. The van der Waals surface area contributed by atoms with Crippen LogP contribution in [0, 0.1) is 11.3 Å². The third kappa shape index (κ3) is 2.28. The fourth-order valence-corrected chi connectivity index (χ4v) is 3.97. The summed E-state index contributed by atoms with van der Waals surface area (Å²) in [5, 5.41) is 9.93. The van der Waals surface area contributed by atoms with Crippen LogP contribution in [0.4, 0.5) is 5.69 Å². The third-order valence-electron chi connectivity index (χ3n) is 5.62. The quantitative estimate of drug-likeness (QED) is 0.761. The predicted octanol–water partition coefficient (Wildman–Crippen LogP) is 3.26. The summed E-state index contributed by atoms with van der Waals surface area (Å²) >= 11 is 0. The maximum Gasteiger partial charge on any atom is 0.258 e. The molecule has 0 unspecified atom stereocenters. The Kier molecular flexibility index (Phi) is 3.37. The van der Waals surface area contributed by atoms with E-state index >= 15 is 0 Å². The number of hydrogen-bond donors (Lipinski definition) is 1. The Balaban J connectivity index is 1.70. The van der Waals surface area contributed by atoms with Crippen LogP contribution in [0.1, 0.15) is 40.9 Å². The van der Waals surface area contributed by atoms with Gasteiger partial charge in [0.1, 0.15) is 6.07 Å². The van der Waals surface area contributed by atoms with Gasteiger partial charge >= 0.3 is 0 Å². The highest BCUT2D eigenvalue weighted by Crippen LogP contribution is 2.39. The summed E-state index contributed by atoms with van der Waals surface area (Å²) in [6, 6.07) is 9.95. The van der Waals surface area contributed by atoms with E-state index in [1.807, 2.05) is 23.1 Å². The molecule has 0 atom stereocenters. The molecule has 132 valence electrons. The maximum atomic E-state index is 12.9. The fourth-order valence-electron chi connectivity index (χ4n) is 3.97. The highest BCUT2D eigenvalue weighted by Gasteiger charge is 2.38. The molecule has 6 heteroatoms. The Morgan fingerprint density at radius 2 is 2.11 bits per heavy atom. The molecule has 1 amide bonds. The highest BCUT2D eigenvalue weighted by molar-refractivity contribution is 6.11. The van der Waals surface area contributed by atoms with E-state index in [-0.39, 0.29) is 5.91 Å². The minimum Gasteiger partial charge on any atom is -0.397 e. The molecule has 0 saturated heterocycles. The number of nitrogen functional groups attached to an aromatic ring is 1. The average Bonchev–Trinajstić information content (AvgIpc) is 2.96. The molecule has 1 aromatic carbocycles. The number of hydrogen-bond acceptors (Lipinski definition) is 5. The SMILES string of the molecule is N#Cc1cncc(-c2cccc3c(N)c4c(nc23)CN(C2CCC2)C4=O)c1. The second-order valence-corrected chi connectivity index (χ2v) is 7.14. The molecule has 0 spiro atoms. The monoisotopic (exact) mass is 355 g/mol. The Morgan fingerprint density at radius 1 is 1.26 bits per heavy atom. The molecule has 0 bridgehead atoms. The molecule has 2 aliphatic rings. The van der Waals surface area contributed by atoms with Gasteiger partial charge in [0.25, 0.3) is 5.91 Å². The number of aromatic nitrogens is 2. The zero-order chi connectivity index (χ0) is 18.5. The summed E-state index contributed by atoms with van der Waals surface area (Å²) in [7, 11) is 0. The van der Waals surface area contributed by atoms with Gasteiger partial charge in [0, 0.05) is 34.9 Å². The first-order valence-corrected chi connectivity index (χ1v) is 9.05. The number of pyridine rings is 2. The van der Waals surface area contributed by atoms with Crippen LogP contribution in [0.25, 0.3) is 22.0 Å². The smallest absolute Gasteiger partial charge is 0.258 e. The van der Waals surface area contributed by atoms with Gasteiger partial charge in [0.05, 0.1) is 34.6 Å². The number of nitrogens with zero attached hydrogens (tertiary/aromatic N) is 4. The predicted molar refractivity (Wildman–Crippen MR) is 102 cm³/mol. The van der Waals surface area contributed by atoms with E-state index in [1.54, 1.807) is 12.3 Å². The van der Waals surface area contributed by atoms with Crippen LogP contribution in [-0.2, 0) is 6.54 Å². The number of anilines is 1. The standard InChI is InChI=1S/C21H17N5O/c22-8-12-7-13(10-24-9-12)15-5-2-6-16-19(23)18-17(25-20(15)16)11-26(21(18)27)14-3-1-4-14/h2,5-7,9-10,14H,1,3-4,11H2,(H2,23,25). The van der Waals surface area contributed by atoms with Gasteiger partial charge in [-0.05, 0) is 25.3 Å². The van der Waals surface area contributed by atoms with Gasteiger partial charge in [-0.2, -0.15) is 5.26 Å². The first kappa shape index (κ1) is 15.8. The number of fused-ring (bicyclic) bond motifs is 2. The third-order valence-corrected chi connectivity index (χ3v) is 5.62. The van der Waals surface area contributed by atoms with Crippen LogP contribution in [-0.4, -0.2) is 26.8 Å². The lowest BCUT2D eigenvalue weighted by atomic mass is 9.92. The van der Waals surface area contributed by atoms with Crippen molar-refractivity contribution in [2.24, 2.45) is 0 Å². The van der Waals surface area contributed by atoms with Gasteiger partial charge in [-0.1, -0.05) is 18.2 Å². The van der Waals surface area contributed by atoms with E-state index in [0.29, 0.717) is 29.4 Å². The lowest BCUT2D eigenvalue weighted by Crippen LogP contribution is -2.40. The summed E-state index contributed by atoms with van der Waals surface area (Å²) in [6.45, 7) is 0.518. The van der Waals surface area contributed by atoms with Crippen molar-refractivity contribution in [3.63, 3.8) is 0 Å². The average molecular weight is 355 g/mol. The van der Waals surface area contributed by atoms with Crippen molar-refractivity contribution in [1.29, 1.82) is 5.26 Å². The van der Waals surface area contributed by atoms with Crippen molar-refractivity contribution in [2.75, 3.05) is 5.73 Å². The van der Waals surface area contributed by atoms with Crippen LogP contribution in [0.15, 0.2) is 36.7 Å². The van der Waals surface area contributed by atoms with Crippen molar-refractivity contribution in [2.45, 2.75) is 31.8 Å². The number of carbonyl (C=O) groups is 1. The number of nitrogens with two attached hydrogens (primary N) is 1. The van der Waals surface area contributed by atoms with Crippen molar-refractivity contribution in [3.8, 4) is 17.2 Å². The van der Waals surface area contributed by atoms with E-state index in [0.717, 1.165) is 40.6 Å². The number of carbonyl (C=O) groups excluding carboxylic acids is 1. The van der Waals surface area contributed by atoms with Gasteiger partial charge in [-0.25, -0.2) is 4.98 Å². The number of nitriles is 1. The molecule has 3 aromatic rings. The summed E-state index contributed by atoms with van der Waals surface area (Å²) in [5.41, 5.74) is 11.1. The largest absolute Gasteiger partial charge is 0.397 e. The van der Waals surface area contributed by atoms with E-state index < -0.39 is 0 Å². The van der Waals surface area contributed by atoms with Crippen molar-refractivity contribution < 1.29 is 4.79 Å². The lowest BCUT2D eigenvalue weighted by Gasteiger charge is -2.34. The van der Waals surface area contributed by atoms with E-state index in [1.165, 1.54) is 12.6 Å². The Bertz CT molecular complexity index is 1140. The van der Waals surface area contributed by atoms with Crippen molar-refractivity contribution in [3.05, 3.63) is 53.5 Å². The Morgan fingerprint density at radius 3 is 2.85 bits per heavy atom. The summed E-state index contributed by atoms with van der Waals surface area (Å²) < 4.78 is 0. The van der Waals surface area contributed by atoms with Gasteiger partial charge < -0.3 is 10.6 Å². The van der Waals surface area contributed by atoms with Gasteiger partial charge in [0.15, 0.2) is 0 Å². The Labute approximate surface area is 156 Å². The first-order valence-electron chi connectivity index (χ1n) is 9.05. The second-order valence-electron chi connectivity index (χ2n) is 7.14. The molecule has 1 saturated carbocycles. The molecule has 2 N–H and O–H groups in total. The fraction of sp³-hybridized carbons (Fsp3) is 0.238.